The van der Waals surface area contributed by atoms with Crippen molar-refractivity contribution in [2.45, 2.75) is 32.6 Å². The van der Waals surface area contributed by atoms with Gasteiger partial charge in [0.15, 0.2) is 0 Å². The topological polar surface area (TPSA) is 55.0 Å². The Hall–Kier alpha value is -0.680. The highest BCUT2D eigenvalue weighted by Gasteiger charge is 2.26. The lowest BCUT2D eigenvalue weighted by Gasteiger charge is -2.15. The summed E-state index contributed by atoms with van der Waals surface area (Å²) in [6, 6.07) is 0. The van der Waals surface area contributed by atoms with Crippen molar-refractivity contribution in [3.63, 3.8) is 0 Å². The molecule has 1 atom stereocenters. The summed E-state index contributed by atoms with van der Waals surface area (Å²) in [5.41, 5.74) is 5.73. The predicted molar refractivity (Wildman–Crippen MR) is 68.0 cm³/mol. The van der Waals surface area contributed by atoms with Crippen LogP contribution < -0.4 is 10.6 Å². The quantitative estimate of drug-likeness (QED) is 0.853. The van der Waals surface area contributed by atoms with Crippen LogP contribution in [-0.4, -0.2) is 29.0 Å². The highest BCUT2D eigenvalue weighted by Crippen LogP contribution is 2.28. The van der Waals surface area contributed by atoms with Crippen LogP contribution in [0.15, 0.2) is 0 Å². The van der Waals surface area contributed by atoms with E-state index in [0.717, 1.165) is 30.6 Å². The van der Waals surface area contributed by atoms with E-state index in [1.165, 1.54) is 18.0 Å². The fourth-order valence-electron chi connectivity index (χ4n) is 1.85. The van der Waals surface area contributed by atoms with Crippen molar-refractivity contribution in [2.24, 2.45) is 11.7 Å². The summed E-state index contributed by atoms with van der Waals surface area (Å²) >= 11 is 1.51. The second kappa shape index (κ2) is 4.30. The van der Waals surface area contributed by atoms with Crippen LogP contribution in [0, 0.1) is 5.92 Å². The Balaban J connectivity index is 2.08. The standard InChI is InChI=1S/C11H20N4S/c1-11(2,3)9-13-10(16-14-9)15-5-4-8(6-12)7-15/h8H,4-7,12H2,1-3H3. The molecule has 5 heteroatoms. The van der Waals surface area contributed by atoms with Gasteiger partial charge >= 0.3 is 0 Å². The Morgan fingerprint density at radius 1 is 1.50 bits per heavy atom. The largest absolute Gasteiger partial charge is 0.347 e. The van der Waals surface area contributed by atoms with Gasteiger partial charge in [0.1, 0.15) is 5.82 Å². The van der Waals surface area contributed by atoms with E-state index in [1.54, 1.807) is 0 Å². The predicted octanol–water partition coefficient (Wildman–Crippen LogP) is 1.62. The summed E-state index contributed by atoms with van der Waals surface area (Å²) in [5, 5.41) is 1.06. The molecule has 1 aliphatic rings. The molecule has 2 heterocycles. The minimum Gasteiger partial charge on any atom is -0.347 e. The lowest BCUT2D eigenvalue weighted by atomic mass is 9.96. The molecule has 0 aromatic carbocycles. The van der Waals surface area contributed by atoms with Crippen molar-refractivity contribution < 1.29 is 0 Å². The molecule has 0 radical (unpaired) electrons. The highest BCUT2D eigenvalue weighted by molar-refractivity contribution is 7.09. The van der Waals surface area contributed by atoms with Crippen LogP contribution in [0.1, 0.15) is 33.0 Å². The van der Waals surface area contributed by atoms with Crippen molar-refractivity contribution in [1.29, 1.82) is 0 Å². The van der Waals surface area contributed by atoms with Crippen LogP contribution in [0.2, 0.25) is 0 Å². The number of aromatic nitrogens is 2. The van der Waals surface area contributed by atoms with E-state index in [9.17, 15) is 0 Å². The molecule has 1 saturated heterocycles. The molecule has 0 bridgehead atoms. The number of rotatable bonds is 2. The van der Waals surface area contributed by atoms with Crippen LogP contribution in [-0.2, 0) is 5.41 Å². The number of anilines is 1. The third-order valence-electron chi connectivity index (χ3n) is 2.98. The maximum Gasteiger partial charge on any atom is 0.205 e. The summed E-state index contributed by atoms with van der Waals surface area (Å²) in [5.74, 6) is 1.57. The summed E-state index contributed by atoms with van der Waals surface area (Å²) in [6.07, 6.45) is 1.18. The SMILES string of the molecule is CC(C)(C)c1nsc(N2CCC(CN)C2)n1. The zero-order chi connectivity index (χ0) is 11.8. The molecule has 0 amide bonds. The van der Waals surface area contributed by atoms with Crippen LogP contribution >= 0.6 is 11.5 Å². The first-order chi connectivity index (χ1) is 7.50. The number of nitrogens with two attached hydrogens (primary N) is 1. The zero-order valence-corrected chi connectivity index (χ0v) is 11.0. The molecule has 1 aromatic heterocycles. The molecule has 90 valence electrons. The van der Waals surface area contributed by atoms with E-state index < -0.39 is 0 Å². The van der Waals surface area contributed by atoms with Crippen molar-refractivity contribution in [3.8, 4) is 0 Å². The van der Waals surface area contributed by atoms with Crippen molar-refractivity contribution >= 4 is 16.7 Å². The Morgan fingerprint density at radius 2 is 2.25 bits per heavy atom. The third-order valence-corrected chi connectivity index (χ3v) is 3.75. The van der Waals surface area contributed by atoms with E-state index in [0.29, 0.717) is 5.92 Å². The second-order valence-corrected chi connectivity index (χ2v) is 6.22. The van der Waals surface area contributed by atoms with E-state index in [1.807, 2.05) is 0 Å². The second-order valence-electron chi connectivity index (χ2n) is 5.49. The molecule has 0 spiro atoms. The van der Waals surface area contributed by atoms with Gasteiger partial charge in [-0.25, -0.2) is 4.98 Å². The average Bonchev–Trinajstić information content (AvgIpc) is 2.85. The molecule has 1 aromatic rings. The molecule has 0 saturated carbocycles. The summed E-state index contributed by atoms with van der Waals surface area (Å²) in [6.45, 7) is 9.32. The van der Waals surface area contributed by atoms with Crippen LogP contribution in [0.4, 0.5) is 5.13 Å². The minimum absolute atomic E-state index is 0.0434. The van der Waals surface area contributed by atoms with Gasteiger partial charge in [0.05, 0.1) is 0 Å². The van der Waals surface area contributed by atoms with Gasteiger partial charge in [-0.05, 0) is 18.9 Å². The Morgan fingerprint density at radius 3 is 2.75 bits per heavy atom. The first-order valence-corrected chi connectivity index (χ1v) is 6.57. The summed E-state index contributed by atoms with van der Waals surface area (Å²) in [4.78, 5) is 6.93. The number of hydrogen-bond donors (Lipinski definition) is 1. The molecule has 4 nitrogen and oxygen atoms in total. The van der Waals surface area contributed by atoms with E-state index in [-0.39, 0.29) is 5.41 Å². The molecule has 2 N–H and O–H groups in total. The van der Waals surface area contributed by atoms with Gasteiger partial charge < -0.3 is 10.6 Å². The van der Waals surface area contributed by atoms with Gasteiger partial charge in [-0.1, -0.05) is 20.8 Å². The Bertz CT molecular complexity index is 355. The van der Waals surface area contributed by atoms with E-state index in [4.69, 9.17) is 5.73 Å². The van der Waals surface area contributed by atoms with Crippen LogP contribution in [0.3, 0.4) is 0 Å². The fraction of sp³-hybridized carbons (Fsp3) is 0.818. The van der Waals surface area contributed by atoms with E-state index >= 15 is 0 Å². The molecular formula is C11H20N4S. The first kappa shape index (κ1) is 11.8. The molecule has 1 unspecified atom stereocenters. The molecular weight excluding hydrogens is 220 g/mol. The normalized spacial score (nSPS) is 21.8. The van der Waals surface area contributed by atoms with Gasteiger partial charge in [-0.2, -0.15) is 4.37 Å². The van der Waals surface area contributed by atoms with Gasteiger partial charge in [0.2, 0.25) is 5.13 Å². The van der Waals surface area contributed by atoms with Crippen molar-refractivity contribution in [3.05, 3.63) is 5.82 Å². The van der Waals surface area contributed by atoms with Crippen molar-refractivity contribution in [2.75, 3.05) is 24.5 Å². The van der Waals surface area contributed by atoms with Gasteiger partial charge in [-0.3, -0.25) is 0 Å². The average molecular weight is 240 g/mol. The maximum absolute atomic E-state index is 5.69. The number of hydrogen-bond acceptors (Lipinski definition) is 5. The molecule has 1 fully saturated rings. The summed E-state index contributed by atoms with van der Waals surface area (Å²) in [7, 11) is 0. The molecule has 2 rings (SSSR count). The molecule has 1 aliphatic heterocycles. The molecule has 0 aliphatic carbocycles. The van der Waals surface area contributed by atoms with Crippen LogP contribution in [0.25, 0.3) is 0 Å². The van der Waals surface area contributed by atoms with Gasteiger partial charge in [-0.15, -0.1) is 0 Å². The fourth-order valence-corrected chi connectivity index (χ4v) is 2.74. The van der Waals surface area contributed by atoms with Gasteiger partial charge in [0, 0.05) is 30.0 Å². The monoisotopic (exact) mass is 240 g/mol. The van der Waals surface area contributed by atoms with Gasteiger partial charge in [0.25, 0.3) is 0 Å². The highest BCUT2D eigenvalue weighted by atomic mass is 32.1. The van der Waals surface area contributed by atoms with Crippen LogP contribution in [0.5, 0.6) is 0 Å². The lowest BCUT2D eigenvalue weighted by Crippen LogP contribution is -2.22. The van der Waals surface area contributed by atoms with E-state index in [2.05, 4.69) is 35.0 Å². The Kier molecular flexibility index (Phi) is 3.17. The van der Waals surface area contributed by atoms with Crippen molar-refractivity contribution in [1.82, 2.24) is 9.36 Å². The minimum atomic E-state index is 0.0434. The smallest absolute Gasteiger partial charge is 0.205 e. The lowest BCUT2D eigenvalue weighted by molar-refractivity contribution is 0.554. The zero-order valence-electron chi connectivity index (χ0n) is 10.2. The number of nitrogens with zero attached hydrogens (tertiary/aromatic N) is 3. The first-order valence-electron chi connectivity index (χ1n) is 5.80. The summed E-state index contributed by atoms with van der Waals surface area (Å²) < 4.78 is 4.44. The Labute approximate surface area is 101 Å². The molecule has 16 heavy (non-hydrogen) atoms. The third kappa shape index (κ3) is 2.35. The maximum atomic E-state index is 5.69.